The van der Waals surface area contributed by atoms with E-state index < -0.39 is 0 Å². The van der Waals surface area contributed by atoms with Gasteiger partial charge in [-0.1, -0.05) is 0 Å². The predicted octanol–water partition coefficient (Wildman–Crippen LogP) is 2.00. The predicted molar refractivity (Wildman–Crippen MR) is 94.2 cm³/mol. The fourth-order valence-electron chi connectivity index (χ4n) is 2.30. The van der Waals surface area contributed by atoms with Gasteiger partial charge in [-0.15, -0.1) is 0 Å². The van der Waals surface area contributed by atoms with Crippen LogP contribution in [0.3, 0.4) is 0 Å². The van der Waals surface area contributed by atoms with Crippen molar-refractivity contribution in [1.82, 2.24) is 25.8 Å². The summed E-state index contributed by atoms with van der Waals surface area (Å²) in [7, 11) is 0. The Morgan fingerprint density at radius 1 is 1.16 bits per heavy atom. The van der Waals surface area contributed by atoms with Crippen LogP contribution >= 0.6 is 0 Å². The normalized spacial score (nSPS) is 11.6. The average molecular weight is 342 g/mol. The number of aromatic amines is 1. The van der Waals surface area contributed by atoms with Gasteiger partial charge in [-0.2, -0.15) is 5.10 Å². The van der Waals surface area contributed by atoms with Gasteiger partial charge in [0, 0.05) is 32.5 Å². The lowest BCUT2D eigenvalue weighted by Gasteiger charge is -2.10. The first-order chi connectivity index (χ1) is 12.3. The number of guanidine groups is 1. The molecule has 0 aliphatic carbocycles. The SMILES string of the molecule is CCNC(=NCCc1ccco1)NCCc1nc(-c2ccco2)n[nH]1. The summed E-state index contributed by atoms with van der Waals surface area (Å²) in [6, 6.07) is 7.49. The maximum atomic E-state index is 5.31. The Morgan fingerprint density at radius 2 is 2.04 bits per heavy atom. The zero-order valence-corrected chi connectivity index (χ0v) is 14.2. The largest absolute Gasteiger partial charge is 0.469 e. The first kappa shape index (κ1) is 16.8. The quantitative estimate of drug-likeness (QED) is 0.427. The van der Waals surface area contributed by atoms with Gasteiger partial charge in [-0.05, 0) is 31.2 Å². The molecular weight excluding hydrogens is 320 g/mol. The molecule has 0 amide bonds. The van der Waals surface area contributed by atoms with E-state index in [9.17, 15) is 0 Å². The number of furan rings is 2. The van der Waals surface area contributed by atoms with Crippen molar-refractivity contribution in [2.45, 2.75) is 19.8 Å². The topological polar surface area (TPSA) is 104 Å². The summed E-state index contributed by atoms with van der Waals surface area (Å²) in [5.41, 5.74) is 0. The lowest BCUT2D eigenvalue weighted by atomic mass is 10.3. The molecule has 3 heterocycles. The lowest BCUT2D eigenvalue weighted by Crippen LogP contribution is -2.38. The minimum Gasteiger partial charge on any atom is -0.469 e. The number of nitrogens with zero attached hydrogens (tertiary/aromatic N) is 3. The lowest BCUT2D eigenvalue weighted by molar-refractivity contribution is 0.510. The molecule has 0 spiro atoms. The molecule has 0 unspecified atom stereocenters. The summed E-state index contributed by atoms with van der Waals surface area (Å²) in [4.78, 5) is 8.96. The summed E-state index contributed by atoms with van der Waals surface area (Å²) < 4.78 is 10.6. The number of aromatic nitrogens is 3. The Morgan fingerprint density at radius 3 is 2.80 bits per heavy atom. The second-order valence-electron chi connectivity index (χ2n) is 5.35. The van der Waals surface area contributed by atoms with Gasteiger partial charge in [0.2, 0.25) is 5.82 Å². The molecule has 0 aliphatic heterocycles. The van der Waals surface area contributed by atoms with Crippen molar-refractivity contribution in [2.24, 2.45) is 4.99 Å². The van der Waals surface area contributed by atoms with Crippen molar-refractivity contribution in [3.63, 3.8) is 0 Å². The molecule has 8 heteroatoms. The maximum Gasteiger partial charge on any atom is 0.216 e. The van der Waals surface area contributed by atoms with Crippen molar-refractivity contribution in [3.8, 4) is 11.6 Å². The standard InChI is InChI=1S/C17H22N6O2/c1-2-18-17(19-9-7-13-5-3-11-24-13)20-10-8-15-21-16(23-22-15)14-6-4-12-25-14/h3-6,11-12H,2,7-10H2,1H3,(H2,18,19,20)(H,21,22,23). The summed E-state index contributed by atoms with van der Waals surface area (Å²) in [5.74, 6) is 3.74. The van der Waals surface area contributed by atoms with Crippen LogP contribution in [0.25, 0.3) is 11.6 Å². The van der Waals surface area contributed by atoms with E-state index in [0.717, 1.165) is 30.5 Å². The third kappa shape index (κ3) is 4.97. The van der Waals surface area contributed by atoms with Crippen LogP contribution < -0.4 is 10.6 Å². The van der Waals surface area contributed by atoms with E-state index in [1.165, 1.54) is 0 Å². The molecule has 0 fully saturated rings. The molecule has 0 aliphatic rings. The highest BCUT2D eigenvalue weighted by atomic mass is 16.3. The van der Waals surface area contributed by atoms with Crippen LogP contribution in [0.5, 0.6) is 0 Å². The van der Waals surface area contributed by atoms with E-state index in [-0.39, 0.29) is 0 Å². The van der Waals surface area contributed by atoms with Gasteiger partial charge in [0.05, 0.1) is 12.5 Å². The molecule has 3 rings (SSSR count). The van der Waals surface area contributed by atoms with Crippen LogP contribution in [0.15, 0.2) is 50.6 Å². The molecule has 0 saturated carbocycles. The van der Waals surface area contributed by atoms with Crippen molar-refractivity contribution >= 4 is 5.96 Å². The number of hydrogen-bond donors (Lipinski definition) is 3. The molecule has 0 aromatic carbocycles. The van der Waals surface area contributed by atoms with Crippen LogP contribution in [0.4, 0.5) is 0 Å². The molecule has 0 radical (unpaired) electrons. The fourth-order valence-corrected chi connectivity index (χ4v) is 2.30. The minimum atomic E-state index is 0.569. The first-order valence-electron chi connectivity index (χ1n) is 8.35. The Balaban J connectivity index is 1.46. The second-order valence-corrected chi connectivity index (χ2v) is 5.35. The third-order valence-corrected chi connectivity index (χ3v) is 3.48. The summed E-state index contributed by atoms with van der Waals surface area (Å²) in [6.07, 6.45) is 4.76. The van der Waals surface area contributed by atoms with Crippen molar-refractivity contribution in [1.29, 1.82) is 0 Å². The molecule has 0 bridgehead atoms. The van der Waals surface area contributed by atoms with Crippen molar-refractivity contribution in [3.05, 3.63) is 48.4 Å². The summed E-state index contributed by atoms with van der Waals surface area (Å²) in [6.45, 7) is 4.19. The second kappa shape index (κ2) is 8.72. The van der Waals surface area contributed by atoms with E-state index in [4.69, 9.17) is 8.83 Å². The van der Waals surface area contributed by atoms with E-state index >= 15 is 0 Å². The fraction of sp³-hybridized carbons (Fsp3) is 0.353. The molecule has 3 aromatic heterocycles. The number of hydrogen-bond acceptors (Lipinski definition) is 5. The van der Waals surface area contributed by atoms with Gasteiger partial charge in [0.15, 0.2) is 11.7 Å². The Bertz CT molecular complexity index is 761. The third-order valence-electron chi connectivity index (χ3n) is 3.48. The average Bonchev–Trinajstić information content (AvgIpc) is 3.37. The molecule has 3 aromatic rings. The van der Waals surface area contributed by atoms with E-state index in [2.05, 4.69) is 30.8 Å². The monoisotopic (exact) mass is 342 g/mol. The molecule has 3 N–H and O–H groups in total. The smallest absolute Gasteiger partial charge is 0.216 e. The Kier molecular flexibility index (Phi) is 5.86. The van der Waals surface area contributed by atoms with E-state index in [1.807, 2.05) is 31.2 Å². The highest BCUT2D eigenvalue weighted by molar-refractivity contribution is 5.79. The van der Waals surface area contributed by atoms with Gasteiger partial charge in [0.25, 0.3) is 0 Å². The molecular formula is C17H22N6O2. The zero-order valence-electron chi connectivity index (χ0n) is 14.2. The highest BCUT2D eigenvalue weighted by Gasteiger charge is 2.08. The molecule has 132 valence electrons. The summed E-state index contributed by atoms with van der Waals surface area (Å²) >= 11 is 0. The van der Waals surface area contributed by atoms with E-state index in [1.54, 1.807) is 12.5 Å². The van der Waals surface area contributed by atoms with Gasteiger partial charge in [0.1, 0.15) is 11.6 Å². The number of H-pyrrole nitrogens is 1. The van der Waals surface area contributed by atoms with Crippen molar-refractivity contribution < 1.29 is 8.83 Å². The van der Waals surface area contributed by atoms with Crippen LogP contribution in [0.1, 0.15) is 18.5 Å². The van der Waals surface area contributed by atoms with E-state index in [0.29, 0.717) is 31.1 Å². The van der Waals surface area contributed by atoms with Crippen LogP contribution in [-0.4, -0.2) is 40.8 Å². The Hall–Kier alpha value is -3.03. The van der Waals surface area contributed by atoms with Crippen molar-refractivity contribution in [2.75, 3.05) is 19.6 Å². The molecule has 0 saturated heterocycles. The maximum absolute atomic E-state index is 5.31. The number of rotatable bonds is 8. The van der Waals surface area contributed by atoms with Crippen LogP contribution in [-0.2, 0) is 12.8 Å². The van der Waals surface area contributed by atoms with Gasteiger partial charge in [-0.3, -0.25) is 10.1 Å². The van der Waals surface area contributed by atoms with Gasteiger partial charge in [-0.25, -0.2) is 4.98 Å². The minimum absolute atomic E-state index is 0.569. The first-order valence-corrected chi connectivity index (χ1v) is 8.35. The number of aliphatic imine (C=N–C) groups is 1. The summed E-state index contributed by atoms with van der Waals surface area (Å²) in [5, 5.41) is 13.6. The Labute approximate surface area is 145 Å². The molecule has 8 nitrogen and oxygen atoms in total. The van der Waals surface area contributed by atoms with Gasteiger partial charge < -0.3 is 19.5 Å². The van der Waals surface area contributed by atoms with Crippen LogP contribution in [0.2, 0.25) is 0 Å². The number of nitrogens with one attached hydrogen (secondary N) is 3. The highest BCUT2D eigenvalue weighted by Crippen LogP contribution is 2.14. The molecule has 0 atom stereocenters. The zero-order chi connectivity index (χ0) is 17.3. The molecule has 25 heavy (non-hydrogen) atoms. The van der Waals surface area contributed by atoms with Gasteiger partial charge >= 0.3 is 0 Å². The van der Waals surface area contributed by atoms with Crippen LogP contribution in [0, 0.1) is 0 Å².